The standard InChI is InChI=1S/C24H26N2OS/c1-16-8-10-19(11-9-16)15-28-24-25-22-7-5-4-6-21(22)23(26-24)27-20-13-17(2)12-18(3)14-20/h8-14H,4-7,15H2,1-3H3. The third kappa shape index (κ3) is 4.56. The van der Waals surface area contributed by atoms with Crippen LogP contribution in [0.2, 0.25) is 0 Å². The van der Waals surface area contributed by atoms with Gasteiger partial charge in [-0.05, 0) is 75.3 Å². The first-order valence-corrected chi connectivity index (χ1v) is 10.9. The van der Waals surface area contributed by atoms with E-state index < -0.39 is 0 Å². The van der Waals surface area contributed by atoms with Crippen LogP contribution >= 0.6 is 11.8 Å². The van der Waals surface area contributed by atoms with Crippen molar-refractivity contribution in [1.82, 2.24) is 9.97 Å². The van der Waals surface area contributed by atoms with Crippen molar-refractivity contribution in [1.29, 1.82) is 0 Å². The maximum absolute atomic E-state index is 6.28. The zero-order chi connectivity index (χ0) is 19.5. The van der Waals surface area contributed by atoms with Gasteiger partial charge in [0, 0.05) is 11.3 Å². The fourth-order valence-electron chi connectivity index (χ4n) is 3.62. The van der Waals surface area contributed by atoms with Crippen LogP contribution in [-0.4, -0.2) is 9.97 Å². The second-order valence-corrected chi connectivity index (χ2v) is 8.59. The summed E-state index contributed by atoms with van der Waals surface area (Å²) in [6.07, 6.45) is 4.38. The highest BCUT2D eigenvalue weighted by Gasteiger charge is 2.20. The molecule has 0 N–H and O–H groups in total. The van der Waals surface area contributed by atoms with Crippen LogP contribution in [0.1, 0.15) is 46.4 Å². The van der Waals surface area contributed by atoms with E-state index in [0.717, 1.165) is 41.1 Å². The summed E-state index contributed by atoms with van der Waals surface area (Å²) in [5, 5.41) is 0.806. The van der Waals surface area contributed by atoms with Crippen LogP contribution < -0.4 is 4.74 Å². The van der Waals surface area contributed by atoms with Crippen LogP contribution in [0.5, 0.6) is 11.6 Å². The molecule has 2 aromatic carbocycles. The highest BCUT2D eigenvalue weighted by Crippen LogP contribution is 2.33. The summed E-state index contributed by atoms with van der Waals surface area (Å²) in [5.74, 6) is 2.46. The predicted molar refractivity (Wildman–Crippen MR) is 115 cm³/mol. The average Bonchev–Trinajstić information content (AvgIpc) is 2.67. The van der Waals surface area contributed by atoms with Crippen LogP contribution in [-0.2, 0) is 18.6 Å². The van der Waals surface area contributed by atoms with E-state index in [1.165, 1.54) is 40.7 Å². The zero-order valence-electron chi connectivity index (χ0n) is 16.8. The zero-order valence-corrected chi connectivity index (χ0v) is 17.6. The average molecular weight is 391 g/mol. The second kappa shape index (κ2) is 8.36. The molecule has 4 heteroatoms. The number of hydrogen-bond donors (Lipinski definition) is 0. The minimum atomic E-state index is 0.737. The lowest BCUT2D eigenvalue weighted by Crippen LogP contribution is -2.10. The normalized spacial score (nSPS) is 13.2. The SMILES string of the molecule is Cc1ccc(CSc2nc3c(c(Oc4cc(C)cc(C)c4)n2)CCCC3)cc1. The Balaban J connectivity index is 1.61. The van der Waals surface area contributed by atoms with Gasteiger partial charge in [0.1, 0.15) is 5.75 Å². The number of hydrogen-bond acceptors (Lipinski definition) is 4. The number of ether oxygens (including phenoxy) is 1. The summed E-state index contributed by atoms with van der Waals surface area (Å²) < 4.78 is 6.28. The van der Waals surface area contributed by atoms with Crippen molar-refractivity contribution in [2.45, 2.75) is 57.4 Å². The molecule has 0 amide bonds. The quantitative estimate of drug-likeness (QED) is 0.375. The van der Waals surface area contributed by atoms with Crippen molar-refractivity contribution in [2.24, 2.45) is 0 Å². The molecule has 28 heavy (non-hydrogen) atoms. The number of aryl methyl sites for hydroxylation is 4. The molecule has 0 radical (unpaired) electrons. The minimum Gasteiger partial charge on any atom is -0.439 e. The van der Waals surface area contributed by atoms with Gasteiger partial charge in [0.05, 0.1) is 5.69 Å². The summed E-state index contributed by atoms with van der Waals surface area (Å²) in [7, 11) is 0. The van der Waals surface area contributed by atoms with Crippen LogP contribution in [0.15, 0.2) is 47.6 Å². The third-order valence-corrected chi connectivity index (χ3v) is 5.94. The van der Waals surface area contributed by atoms with Crippen LogP contribution in [0.25, 0.3) is 0 Å². The van der Waals surface area contributed by atoms with Crippen molar-refractivity contribution >= 4 is 11.8 Å². The highest BCUT2D eigenvalue weighted by molar-refractivity contribution is 7.98. The topological polar surface area (TPSA) is 35.0 Å². The Morgan fingerprint density at radius 3 is 2.32 bits per heavy atom. The minimum absolute atomic E-state index is 0.737. The van der Waals surface area contributed by atoms with Gasteiger partial charge in [-0.1, -0.05) is 47.7 Å². The fraction of sp³-hybridized carbons (Fsp3) is 0.333. The summed E-state index contributed by atoms with van der Waals surface area (Å²) >= 11 is 1.68. The summed E-state index contributed by atoms with van der Waals surface area (Å²) in [6.45, 7) is 6.30. The van der Waals surface area contributed by atoms with Crippen molar-refractivity contribution in [2.75, 3.05) is 0 Å². The molecule has 3 aromatic rings. The van der Waals surface area contributed by atoms with Crippen LogP contribution in [0.3, 0.4) is 0 Å². The largest absolute Gasteiger partial charge is 0.439 e. The molecule has 0 spiro atoms. The first-order valence-electron chi connectivity index (χ1n) is 9.91. The maximum Gasteiger partial charge on any atom is 0.226 e. The molecule has 0 unspecified atom stereocenters. The first-order chi connectivity index (χ1) is 13.6. The van der Waals surface area contributed by atoms with E-state index in [4.69, 9.17) is 14.7 Å². The number of nitrogens with zero attached hydrogens (tertiary/aromatic N) is 2. The van der Waals surface area contributed by atoms with Gasteiger partial charge in [0.25, 0.3) is 0 Å². The van der Waals surface area contributed by atoms with Gasteiger partial charge in [-0.3, -0.25) is 0 Å². The van der Waals surface area contributed by atoms with E-state index >= 15 is 0 Å². The summed E-state index contributed by atoms with van der Waals surface area (Å²) in [5.41, 5.74) is 7.31. The second-order valence-electron chi connectivity index (χ2n) is 7.64. The summed E-state index contributed by atoms with van der Waals surface area (Å²) in [4.78, 5) is 9.66. The molecule has 1 aliphatic rings. The lowest BCUT2D eigenvalue weighted by Gasteiger charge is -2.19. The maximum atomic E-state index is 6.28. The van der Waals surface area contributed by atoms with Crippen LogP contribution in [0.4, 0.5) is 0 Å². The van der Waals surface area contributed by atoms with Crippen molar-refractivity contribution in [3.05, 3.63) is 76.0 Å². The van der Waals surface area contributed by atoms with Crippen molar-refractivity contribution < 1.29 is 4.74 Å². The number of rotatable bonds is 5. The molecule has 144 valence electrons. The molecule has 1 aromatic heterocycles. The third-order valence-electron chi connectivity index (χ3n) is 5.02. The first kappa shape index (κ1) is 19.0. The molecule has 0 aliphatic heterocycles. The number of fused-ring (bicyclic) bond motifs is 1. The predicted octanol–water partition coefficient (Wildman–Crippen LogP) is 6.37. The molecule has 3 nitrogen and oxygen atoms in total. The lowest BCUT2D eigenvalue weighted by molar-refractivity contribution is 0.439. The smallest absolute Gasteiger partial charge is 0.226 e. The molecule has 0 atom stereocenters. The Labute approximate surface area is 171 Å². The monoisotopic (exact) mass is 390 g/mol. The molecule has 0 saturated heterocycles. The Morgan fingerprint density at radius 2 is 1.57 bits per heavy atom. The lowest BCUT2D eigenvalue weighted by atomic mass is 9.97. The Hall–Kier alpha value is -2.33. The molecule has 4 rings (SSSR count). The molecule has 0 fully saturated rings. The van der Waals surface area contributed by atoms with Crippen LogP contribution in [0, 0.1) is 20.8 Å². The van der Waals surface area contributed by atoms with Gasteiger partial charge in [-0.2, -0.15) is 4.98 Å². The van der Waals surface area contributed by atoms with E-state index in [-0.39, 0.29) is 0 Å². The van der Waals surface area contributed by atoms with E-state index in [1.54, 1.807) is 11.8 Å². The molecule has 1 heterocycles. The van der Waals surface area contributed by atoms with Crippen molar-refractivity contribution in [3.63, 3.8) is 0 Å². The molecular formula is C24H26N2OS. The highest BCUT2D eigenvalue weighted by atomic mass is 32.2. The van der Waals surface area contributed by atoms with E-state index in [9.17, 15) is 0 Å². The van der Waals surface area contributed by atoms with Gasteiger partial charge < -0.3 is 4.74 Å². The van der Waals surface area contributed by atoms with Gasteiger partial charge in [-0.15, -0.1) is 0 Å². The molecular weight excluding hydrogens is 364 g/mol. The van der Waals surface area contributed by atoms with Gasteiger partial charge >= 0.3 is 0 Å². The molecule has 0 saturated carbocycles. The van der Waals surface area contributed by atoms with Gasteiger partial charge in [0.2, 0.25) is 5.88 Å². The molecule has 1 aliphatic carbocycles. The van der Waals surface area contributed by atoms with Gasteiger partial charge in [-0.25, -0.2) is 4.98 Å². The number of aromatic nitrogens is 2. The Morgan fingerprint density at radius 1 is 0.857 bits per heavy atom. The van der Waals surface area contributed by atoms with E-state index in [0.29, 0.717) is 0 Å². The number of thioether (sulfide) groups is 1. The molecule has 0 bridgehead atoms. The van der Waals surface area contributed by atoms with Crippen molar-refractivity contribution in [3.8, 4) is 11.6 Å². The number of benzene rings is 2. The van der Waals surface area contributed by atoms with E-state index in [2.05, 4.69) is 63.2 Å². The van der Waals surface area contributed by atoms with E-state index in [1.807, 2.05) is 0 Å². The van der Waals surface area contributed by atoms with Gasteiger partial charge in [0.15, 0.2) is 5.16 Å². The Bertz CT molecular complexity index is 962. The Kier molecular flexibility index (Phi) is 5.67. The fourth-order valence-corrected chi connectivity index (χ4v) is 4.43. The summed E-state index contributed by atoms with van der Waals surface area (Å²) in [6, 6.07) is 15.0.